The summed E-state index contributed by atoms with van der Waals surface area (Å²) < 4.78 is 11.3. The average Bonchev–Trinajstić information content (AvgIpc) is 2.42. The topological polar surface area (TPSA) is 64.6 Å². The minimum atomic E-state index is -0.395. The lowest BCUT2D eigenvalue weighted by atomic mass is 10.3. The molecule has 0 aliphatic heterocycles. The zero-order chi connectivity index (χ0) is 15.7. The molecule has 1 aromatic carbocycles. The van der Waals surface area contributed by atoms with Gasteiger partial charge in [0.15, 0.2) is 6.61 Å². The van der Waals surface area contributed by atoms with E-state index < -0.39 is 5.97 Å². The molecular weight excluding hydrogens is 338 g/mol. The van der Waals surface area contributed by atoms with E-state index in [4.69, 9.17) is 9.47 Å². The molecule has 0 unspecified atom stereocenters. The number of nitrogens with one attached hydrogen (secondary N) is 1. The third kappa shape index (κ3) is 8.34. The highest BCUT2D eigenvalue weighted by atomic mass is 79.9. The number of hydrogen-bond donors (Lipinski definition) is 1. The van der Waals surface area contributed by atoms with Crippen LogP contribution in [0.2, 0.25) is 0 Å². The predicted octanol–water partition coefficient (Wildman–Crippen LogP) is 2.68. The number of hydrogen-bond acceptors (Lipinski definition) is 4. The van der Waals surface area contributed by atoms with Crippen molar-refractivity contribution < 1.29 is 19.1 Å². The molecule has 0 heterocycles. The largest absolute Gasteiger partial charge is 0.494 e. The highest BCUT2D eigenvalue weighted by Crippen LogP contribution is 2.16. The van der Waals surface area contributed by atoms with Gasteiger partial charge in [0.2, 0.25) is 0 Å². The zero-order valence-electron chi connectivity index (χ0n) is 12.2. The summed E-state index contributed by atoms with van der Waals surface area (Å²) in [4.78, 5) is 22.7. The fourth-order valence-corrected chi connectivity index (χ4v) is 1.78. The third-order valence-electron chi connectivity index (χ3n) is 2.42. The van der Waals surface area contributed by atoms with Gasteiger partial charge in [0.05, 0.1) is 6.61 Å². The molecule has 0 aliphatic rings. The fourth-order valence-electron chi connectivity index (χ4n) is 1.52. The highest BCUT2D eigenvalue weighted by Gasteiger charge is 2.08. The Morgan fingerprint density at radius 1 is 1.24 bits per heavy atom. The minimum Gasteiger partial charge on any atom is -0.494 e. The van der Waals surface area contributed by atoms with Gasteiger partial charge in [-0.05, 0) is 44.5 Å². The summed E-state index contributed by atoms with van der Waals surface area (Å²) in [7, 11) is 0. The van der Waals surface area contributed by atoms with Gasteiger partial charge >= 0.3 is 5.97 Å². The van der Waals surface area contributed by atoms with Crippen LogP contribution in [0.1, 0.15) is 26.7 Å². The first-order valence-electron chi connectivity index (χ1n) is 6.80. The van der Waals surface area contributed by atoms with Crippen LogP contribution in [0, 0.1) is 0 Å². The molecule has 0 aromatic heterocycles. The van der Waals surface area contributed by atoms with Crippen LogP contribution in [0.5, 0.6) is 5.75 Å². The SMILES string of the molecule is CC(C)NC(=O)COC(=O)CCCOc1ccc(Br)cc1. The van der Waals surface area contributed by atoms with Crippen molar-refractivity contribution in [1.82, 2.24) is 5.32 Å². The Labute approximate surface area is 133 Å². The molecule has 1 aromatic rings. The maximum atomic E-state index is 11.4. The van der Waals surface area contributed by atoms with E-state index in [0.717, 1.165) is 10.2 Å². The van der Waals surface area contributed by atoms with Gasteiger partial charge in [0.25, 0.3) is 5.91 Å². The van der Waals surface area contributed by atoms with E-state index in [9.17, 15) is 9.59 Å². The lowest BCUT2D eigenvalue weighted by molar-refractivity contribution is -0.148. The van der Waals surface area contributed by atoms with Gasteiger partial charge < -0.3 is 14.8 Å². The van der Waals surface area contributed by atoms with E-state index in [1.807, 2.05) is 38.1 Å². The second-order valence-corrected chi connectivity index (χ2v) is 5.70. The Morgan fingerprint density at radius 2 is 1.90 bits per heavy atom. The molecule has 0 spiro atoms. The smallest absolute Gasteiger partial charge is 0.306 e. The quantitative estimate of drug-likeness (QED) is 0.573. The molecule has 0 atom stereocenters. The summed E-state index contributed by atoms with van der Waals surface area (Å²) in [6.45, 7) is 3.89. The number of esters is 1. The first-order chi connectivity index (χ1) is 9.97. The van der Waals surface area contributed by atoms with Crippen molar-refractivity contribution in [2.45, 2.75) is 32.7 Å². The maximum absolute atomic E-state index is 11.4. The monoisotopic (exact) mass is 357 g/mol. The van der Waals surface area contributed by atoms with E-state index >= 15 is 0 Å². The van der Waals surface area contributed by atoms with Crippen molar-refractivity contribution in [3.63, 3.8) is 0 Å². The Kier molecular flexibility index (Phi) is 7.82. The Bertz CT molecular complexity index is 459. The molecule has 5 nitrogen and oxygen atoms in total. The predicted molar refractivity (Wildman–Crippen MR) is 83.1 cm³/mol. The van der Waals surface area contributed by atoms with Gasteiger partial charge in [-0.2, -0.15) is 0 Å². The summed E-state index contributed by atoms with van der Waals surface area (Å²) >= 11 is 3.34. The molecule has 6 heteroatoms. The van der Waals surface area contributed by atoms with Crippen molar-refractivity contribution in [3.8, 4) is 5.75 Å². The van der Waals surface area contributed by atoms with Crippen LogP contribution >= 0.6 is 15.9 Å². The van der Waals surface area contributed by atoms with Gasteiger partial charge in [-0.3, -0.25) is 9.59 Å². The highest BCUT2D eigenvalue weighted by molar-refractivity contribution is 9.10. The summed E-state index contributed by atoms with van der Waals surface area (Å²) in [6, 6.07) is 7.50. The number of rotatable bonds is 8. The van der Waals surface area contributed by atoms with Crippen LogP contribution in [-0.4, -0.2) is 31.1 Å². The zero-order valence-corrected chi connectivity index (χ0v) is 13.8. The lowest BCUT2D eigenvalue weighted by Gasteiger charge is -2.09. The molecule has 1 amide bonds. The number of carbonyl (C=O) groups is 2. The third-order valence-corrected chi connectivity index (χ3v) is 2.95. The fraction of sp³-hybridized carbons (Fsp3) is 0.467. The molecule has 0 bridgehead atoms. The van der Waals surface area contributed by atoms with Crippen molar-refractivity contribution in [1.29, 1.82) is 0 Å². The van der Waals surface area contributed by atoms with E-state index in [-0.39, 0.29) is 25.0 Å². The van der Waals surface area contributed by atoms with Crippen LogP contribution in [0.25, 0.3) is 0 Å². The van der Waals surface area contributed by atoms with Gasteiger partial charge in [0, 0.05) is 16.9 Å². The van der Waals surface area contributed by atoms with E-state index in [0.29, 0.717) is 13.0 Å². The van der Waals surface area contributed by atoms with E-state index in [1.165, 1.54) is 0 Å². The number of ether oxygens (including phenoxy) is 2. The number of amides is 1. The van der Waals surface area contributed by atoms with Gasteiger partial charge in [0.1, 0.15) is 5.75 Å². The summed E-state index contributed by atoms with van der Waals surface area (Å²) in [5, 5.41) is 2.65. The minimum absolute atomic E-state index is 0.0375. The molecule has 0 saturated heterocycles. The van der Waals surface area contributed by atoms with Crippen molar-refractivity contribution in [3.05, 3.63) is 28.7 Å². The molecule has 0 radical (unpaired) electrons. The Balaban J connectivity index is 2.10. The second kappa shape index (κ2) is 9.39. The molecular formula is C15H20BrNO4. The molecule has 1 N–H and O–H groups in total. The first kappa shape index (κ1) is 17.5. The normalized spacial score (nSPS) is 10.3. The Morgan fingerprint density at radius 3 is 2.52 bits per heavy atom. The summed E-state index contributed by atoms with van der Waals surface area (Å²) in [5.74, 6) is 0.0700. The van der Waals surface area contributed by atoms with Crippen molar-refractivity contribution in [2.24, 2.45) is 0 Å². The molecule has 1 rings (SSSR count). The van der Waals surface area contributed by atoms with Crippen LogP contribution in [0.15, 0.2) is 28.7 Å². The van der Waals surface area contributed by atoms with Crippen LogP contribution in [0.3, 0.4) is 0 Å². The van der Waals surface area contributed by atoms with Crippen LogP contribution in [0.4, 0.5) is 0 Å². The first-order valence-corrected chi connectivity index (χ1v) is 7.60. The average molecular weight is 358 g/mol. The number of carbonyl (C=O) groups excluding carboxylic acids is 2. The standard InChI is InChI=1S/C15H20BrNO4/c1-11(2)17-14(18)10-21-15(19)4-3-9-20-13-7-5-12(16)6-8-13/h5-8,11H,3-4,9-10H2,1-2H3,(H,17,18). The molecule has 0 aliphatic carbocycles. The van der Waals surface area contributed by atoms with E-state index in [2.05, 4.69) is 21.2 Å². The van der Waals surface area contributed by atoms with Crippen LogP contribution < -0.4 is 10.1 Å². The lowest BCUT2D eigenvalue weighted by Crippen LogP contribution is -2.33. The molecule has 116 valence electrons. The summed E-state index contributed by atoms with van der Waals surface area (Å²) in [5.41, 5.74) is 0. The van der Waals surface area contributed by atoms with Gasteiger partial charge in [-0.15, -0.1) is 0 Å². The number of benzene rings is 1. The van der Waals surface area contributed by atoms with Crippen LogP contribution in [-0.2, 0) is 14.3 Å². The second-order valence-electron chi connectivity index (χ2n) is 4.79. The summed E-state index contributed by atoms with van der Waals surface area (Å²) in [6.07, 6.45) is 0.770. The van der Waals surface area contributed by atoms with Crippen molar-refractivity contribution in [2.75, 3.05) is 13.2 Å². The number of halogens is 1. The van der Waals surface area contributed by atoms with Gasteiger partial charge in [-0.25, -0.2) is 0 Å². The van der Waals surface area contributed by atoms with E-state index in [1.54, 1.807) is 0 Å². The molecule has 0 fully saturated rings. The van der Waals surface area contributed by atoms with Crippen molar-refractivity contribution >= 4 is 27.8 Å². The molecule has 21 heavy (non-hydrogen) atoms. The molecule has 0 saturated carbocycles. The van der Waals surface area contributed by atoms with Gasteiger partial charge in [-0.1, -0.05) is 15.9 Å². The maximum Gasteiger partial charge on any atom is 0.306 e. The Hall–Kier alpha value is -1.56.